The SMILES string of the molecule is COc1ccc(Cl)cc1CN(C)Cn1cnc2cc(F)c(F)cc21. The van der Waals surface area contributed by atoms with Gasteiger partial charge in [-0.25, -0.2) is 13.8 Å². The molecule has 0 unspecified atom stereocenters. The predicted molar refractivity (Wildman–Crippen MR) is 89.1 cm³/mol. The lowest BCUT2D eigenvalue weighted by atomic mass is 10.2. The van der Waals surface area contributed by atoms with Crippen LogP contribution in [0.1, 0.15) is 5.56 Å². The van der Waals surface area contributed by atoms with Crippen molar-refractivity contribution in [2.45, 2.75) is 13.2 Å². The summed E-state index contributed by atoms with van der Waals surface area (Å²) in [5.41, 5.74) is 1.90. The highest BCUT2D eigenvalue weighted by Gasteiger charge is 2.12. The first-order chi connectivity index (χ1) is 11.5. The summed E-state index contributed by atoms with van der Waals surface area (Å²) in [6, 6.07) is 7.69. The normalized spacial score (nSPS) is 11.4. The van der Waals surface area contributed by atoms with Gasteiger partial charge in [0.15, 0.2) is 11.6 Å². The molecule has 1 heterocycles. The molecule has 0 saturated heterocycles. The van der Waals surface area contributed by atoms with E-state index >= 15 is 0 Å². The van der Waals surface area contributed by atoms with Gasteiger partial charge in [0, 0.05) is 29.3 Å². The highest BCUT2D eigenvalue weighted by molar-refractivity contribution is 6.30. The van der Waals surface area contributed by atoms with Gasteiger partial charge < -0.3 is 9.30 Å². The number of rotatable bonds is 5. The number of aromatic nitrogens is 2. The summed E-state index contributed by atoms with van der Waals surface area (Å²) in [5.74, 6) is -1.04. The van der Waals surface area contributed by atoms with Crippen LogP contribution in [0.3, 0.4) is 0 Å². The number of methoxy groups -OCH3 is 1. The predicted octanol–water partition coefficient (Wildman–Crippen LogP) is 4.07. The molecule has 126 valence electrons. The van der Waals surface area contributed by atoms with Crippen molar-refractivity contribution in [1.82, 2.24) is 14.5 Å². The fourth-order valence-electron chi connectivity index (χ4n) is 2.64. The molecule has 0 bridgehead atoms. The second-order valence-electron chi connectivity index (χ2n) is 5.58. The van der Waals surface area contributed by atoms with Gasteiger partial charge in [-0.15, -0.1) is 0 Å². The largest absolute Gasteiger partial charge is 0.496 e. The van der Waals surface area contributed by atoms with Crippen LogP contribution in [-0.4, -0.2) is 28.6 Å². The molecule has 0 aliphatic carbocycles. The average Bonchev–Trinajstić information content (AvgIpc) is 2.90. The summed E-state index contributed by atoms with van der Waals surface area (Å²) >= 11 is 6.04. The molecular formula is C17H16ClF2N3O. The van der Waals surface area contributed by atoms with Gasteiger partial charge >= 0.3 is 0 Å². The molecule has 1 aromatic heterocycles. The molecule has 24 heavy (non-hydrogen) atoms. The van der Waals surface area contributed by atoms with Crippen LogP contribution in [0.2, 0.25) is 5.02 Å². The summed E-state index contributed by atoms with van der Waals surface area (Å²) in [5, 5.41) is 0.629. The molecule has 0 atom stereocenters. The Morgan fingerprint density at radius 1 is 1.21 bits per heavy atom. The highest BCUT2D eigenvalue weighted by atomic mass is 35.5. The van der Waals surface area contributed by atoms with Crippen LogP contribution in [0.25, 0.3) is 11.0 Å². The maximum Gasteiger partial charge on any atom is 0.161 e. The standard InChI is InChI=1S/C17H16ClF2N3O/c1-22(8-11-5-12(18)3-4-17(11)24-2)10-23-9-21-15-6-13(19)14(20)7-16(15)23/h3-7,9H,8,10H2,1-2H3. The minimum atomic E-state index is -0.898. The number of imidazole rings is 1. The average molecular weight is 352 g/mol. The summed E-state index contributed by atoms with van der Waals surface area (Å²) < 4.78 is 33.8. The van der Waals surface area contributed by atoms with Crippen LogP contribution in [-0.2, 0) is 13.2 Å². The van der Waals surface area contributed by atoms with E-state index in [1.165, 1.54) is 0 Å². The van der Waals surface area contributed by atoms with Gasteiger partial charge in [0.25, 0.3) is 0 Å². The Labute approximate surface area is 143 Å². The van der Waals surface area contributed by atoms with Crippen LogP contribution in [0, 0.1) is 11.6 Å². The molecular weight excluding hydrogens is 336 g/mol. The van der Waals surface area contributed by atoms with Crippen molar-refractivity contribution in [1.29, 1.82) is 0 Å². The van der Waals surface area contributed by atoms with Crippen molar-refractivity contribution in [3.8, 4) is 5.75 Å². The van der Waals surface area contributed by atoms with Gasteiger partial charge in [-0.2, -0.15) is 0 Å². The zero-order valence-electron chi connectivity index (χ0n) is 13.3. The zero-order valence-corrected chi connectivity index (χ0v) is 14.0. The monoisotopic (exact) mass is 351 g/mol. The smallest absolute Gasteiger partial charge is 0.161 e. The van der Waals surface area contributed by atoms with Crippen LogP contribution in [0.4, 0.5) is 8.78 Å². The third-order valence-corrected chi connectivity index (χ3v) is 3.97. The lowest BCUT2D eigenvalue weighted by molar-refractivity contribution is 0.259. The Kier molecular flexibility index (Phi) is 4.69. The zero-order chi connectivity index (χ0) is 17.3. The molecule has 3 aromatic rings. The minimum absolute atomic E-state index is 0.419. The van der Waals surface area contributed by atoms with E-state index in [1.807, 2.05) is 24.1 Å². The van der Waals surface area contributed by atoms with Crippen molar-refractivity contribution >= 4 is 22.6 Å². The summed E-state index contributed by atoms with van der Waals surface area (Å²) in [6.07, 6.45) is 1.56. The van der Waals surface area contributed by atoms with Crippen molar-refractivity contribution in [3.05, 3.63) is 58.9 Å². The summed E-state index contributed by atoms with van der Waals surface area (Å²) in [6.45, 7) is 1.03. The topological polar surface area (TPSA) is 30.3 Å². The highest BCUT2D eigenvalue weighted by Crippen LogP contribution is 2.24. The number of hydrogen-bond acceptors (Lipinski definition) is 3. The minimum Gasteiger partial charge on any atom is -0.496 e. The molecule has 0 N–H and O–H groups in total. The first-order valence-corrected chi connectivity index (χ1v) is 7.66. The molecule has 0 spiro atoms. The summed E-state index contributed by atoms with van der Waals surface area (Å²) in [4.78, 5) is 6.11. The van der Waals surface area contributed by atoms with Crippen molar-refractivity contribution in [3.63, 3.8) is 0 Å². The van der Waals surface area contributed by atoms with Gasteiger partial charge in [0.1, 0.15) is 5.75 Å². The Hall–Kier alpha value is -2.18. The molecule has 0 saturated carbocycles. The Balaban J connectivity index is 1.82. The number of fused-ring (bicyclic) bond motifs is 1. The van der Waals surface area contributed by atoms with Crippen molar-refractivity contribution in [2.24, 2.45) is 0 Å². The number of benzene rings is 2. The van der Waals surface area contributed by atoms with Gasteiger partial charge in [-0.1, -0.05) is 11.6 Å². The molecule has 3 rings (SSSR count). The third kappa shape index (κ3) is 3.34. The van der Waals surface area contributed by atoms with Crippen LogP contribution in [0.15, 0.2) is 36.7 Å². The molecule has 0 amide bonds. The molecule has 0 radical (unpaired) electrons. The second kappa shape index (κ2) is 6.75. The Morgan fingerprint density at radius 3 is 2.71 bits per heavy atom. The second-order valence-corrected chi connectivity index (χ2v) is 6.02. The quantitative estimate of drug-likeness (QED) is 0.694. The number of halogens is 3. The van der Waals surface area contributed by atoms with E-state index in [1.54, 1.807) is 24.1 Å². The fraction of sp³-hybridized carbons (Fsp3) is 0.235. The first kappa shape index (κ1) is 16.7. The van der Waals surface area contributed by atoms with Gasteiger partial charge in [-0.05, 0) is 25.2 Å². The van der Waals surface area contributed by atoms with E-state index in [-0.39, 0.29) is 0 Å². The maximum absolute atomic E-state index is 13.5. The maximum atomic E-state index is 13.5. The summed E-state index contributed by atoms with van der Waals surface area (Å²) in [7, 11) is 3.51. The molecule has 0 fully saturated rings. The van der Waals surface area contributed by atoms with Gasteiger partial charge in [0.2, 0.25) is 0 Å². The first-order valence-electron chi connectivity index (χ1n) is 7.29. The number of hydrogen-bond donors (Lipinski definition) is 0. The van der Waals surface area contributed by atoms with E-state index in [0.717, 1.165) is 23.4 Å². The van der Waals surface area contributed by atoms with E-state index < -0.39 is 11.6 Å². The van der Waals surface area contributed by atoms with E-state index in [0.29, 0.717) is 29.3 Å². The Bertz CT molecular complexity index is 882. The fourth-order valence-corrected chi connectivity index (χ4v) is 2.83. The third-order valence-electron chi connectivity index (χ3n) is 3.74. The van der Waals surface area contributed by atoms with E-state index in [2.05, 4.69) is 4.98 Å². The molecule has 0 aliphatic heterocycles. The lowest BCUT2D eigenvalue weighted by Gasteiger charge is -2.19. The Morgan fingerprint density at radius 2 is 1.96 bits per heavy atom. The van der Waals surface area contributed by atoms with E-state index in [4.69, 9.17) is 16.3 Å². The molecule has 7 heteroatoms. The van der Waals surface area contributed by atoms with Gasteiger partial charge in [0.05, 0.1) is 31.1 Å². The van der Waals surface area contributed by atoms with E-state index in [9.17, 15) is 8.78 Å². The van der Waals surface area contributed by atoms with Crippen LogP contribution in [0.5, 0.6) is 5.75 Å². The molecule has 4 nitrogen and oxygen atoms in total. The van der Waals surface area contributed by atoms with Crippen LogP contribution < -0.4 is 4.74 Å². The van der Waals surface area contributed by atoms with Crippen molar-refractivity contribution < 1.29 is 13.5 Å². The number of nitrogens with zero attached hydrogens (tertiary/aromatic N) is 3. The number of ether oxygens (including phenoxy) is 1. The van der Waals surface area contributed by atoms with Crippen LogP contribution >= 0.6 is 11.6 Å². The van der Waals surface area contributed by atoms with Gasteiger partial charge in [-0.3, -0.25) is 4.90 Å². The lowest BCUT2D eigenvalue weighted by Crippen LogP contribution is -2.21. The molecule has 2 aromatic carbocycles. The molecule has 0 aliphatic rings. The van der Waals surface area contributed by atoms with Crippen molar-refractivity contribution in [2.75, 3.05) is 14.2 Å².